The van der Waals surface area contributed by atoms with E-state index < -0.39 is 0 Å². The summed E-state index contributed by atoms with van der Waals surface area (Å²) in [6.07, 6.45) is 2.53. The molecule has 3 N–H and O–H groups in total. The molecule has 140 valence electrons. The Bertz CT molecular complexity index is 779. The first kappa shape index (κ1) is 20.4. The standard InChI is InChI=1S/C19H21ClN2O3.ClH/c1-24-18-9-17(21)16(20)8-15(18)19(23)22-14-4-2-3-13(7-14)11-25-10-12-5-6-12;/h2-4,7-9,12H,5-6,10-11,21H2,1H3,(H,22,23);1H. The van der Waals surface area contributed by atoms with E-state index in [1.807, 2.05) is 24.3 Å². The van der Waals surface area contributed by atoms with Crippen LogP contribution in [0.1, 0.15) is 28.8 Å². The molecule has 0 saturated heterocycles. The van der Waals surface area contributed by atoms with Crippen molar-refractivity contribution >= 4 is 41.3 Å². The Hall–Kier alpha value is -1.95. The van der Waals surface area contributed by atoms with Gasteiger partial charge in [-0.2, -0.15) is 0 Å². The fourth-order valence-electron chi connectivity index (χ4n) is 2.48. The summed E-state index contributed by atoms with van der Waals surface area (Å²) in [5, 5.41) is 3.17. The van der Waals surface area contributed by atoms with E-state index in [1.54, 1.807) is 6.07 Å². The number of hydrogen-bond donors (Lipinski definition) is 2. The maximum Gasteiger partial charge on any atom is 0.259 e. The van der Waals surface area contributed by atoms with E-state index in [0.29, 0.717) is 34.3 Å². The number of nitrogens with two attached hydrogens (primary N) is 1. The number of methoxy groups -OCH3 is 1. The zero-order valence-corrected chi connectivity index (χ0v) is 16.0. The van der Waals surface area contributed by atoms with E-state index >= 15 is 0 Å². The summed E-state index contributed by atoms with van der Waals surface area (Å²) < 4.78 is 10.9. The fraction of sp³-hybridized carbons (Fsp3) is 0.316. The van der Waals surface area contributed by atoms with Crippen LogP contribution in [-0.2, 0) is 11.3 Å². The van der Waals surface area contributed by atoms with Crippen molar-refractivity contribution in [1.29, 1.82) is 0 Å². The summed E-state index contributed by atoms with van der Waals surface area (Å²) in [6, 6.07) is 10.6. The Balaban J connectivity index is 0.00000243. The number of carbonyl (C=O) groups is 1. The second-order valence-corrected chi connectivity index (χ2v) is 6.59. The predicted molar refractivity (Wildman–Crippen MR) is 106 cm³/mol. The van der Waals surface area contributed by atoms with E-state index in [-0.39, 0.29) is 18.3 Å². The van der Waals surface area contributed by atoms with Crippen LogP contribution in [0.3, 0.4) is 0 Å². The first-order valence-corrected chi connectivity index (χ1v) is 8.55. The van der Waals surface area contributed by atoms with Crippen LogP contribution in [0.15, 0.2) is 36.4 Å². The quantitative estimate of drug-likeness (QED) is 0.674. The molecule has 1 amide bonds. The molecule has 26 heavy (non-hydrogen) atoms. The topological polar surface area (TPSA) is 73.6 Å². The van der Waals surface area contributed by atoms with Crippen molar-refractivity contribution in [1.82, 2.24) is 0 Å². The molecule has 1 fully saturated rings. The Morgan fingerprint density at radius 3 is 2.77 bits per heavy atom. The van der Waals surface area contributed by atoms with Gasteiger partial charge in [0.25, 0.3) is 5.91 Å². The number of amides is 1. The van der Waals surface area contributed by atoms with Crippen molar-refractivity contribution in [3.05, 3.63) is 52.5 Å². The highest BCUT2D eigenvalue weighted by Gasteiger charge is 2.21. The molecular weight excluding hydrogens is 375 g/mol. The number of carbonyl (C=O) groups excluding carboxylic acids is 1. The number of rotatable bonds is 7. The number of halogens is 2. The summed E-state index contributed by atoms with van der Waals surface area (Å²) in [6.45, 7) is 1.34. The average Bonchev–Trinajstić information content (AvgIpc) is 3.41. The van der Waals surface area contributed by atoms with E-state index in [9.17, 15) is 4.79 Å². The number of nitrogen functional groups attached to an aromatic ring is 1. The van der Waals surface area contributed by atoms with Gasteiger partial charge in [0.05, 0.1) is 30.0 Å². The van der Waals surface area contributed by atoms with Gasteiger partial charge in [0, 0.05) is 18.4 Å². The first-order valence-electron chi connectivity index (χ1n) is 8.18. The molecule has 1 aliphatic carbocycles. The molecule has 5 nitrogen and oxygen atoms in total. The zero-order valence-electron chi connectivity index (χ0n) is 14.5. The van der Waals surface area contributed by atoms with Crippen LogP contribution in [0.4, 0.5) is 11.4 Å². The van der Waals surface area contributed by atoms with Crippen molar-refractivity contribution in [3.63, 3.8) is 0 Å². The van der Waals surface area contributed by atoms with Crippen LogP contribution < -0.4 is 15.8 Å². The number of hydrogen-bond acceptors (Lipinski definition) is 4. The van der Waals surface area contributed by atoms with Gasteiger partial charge in [0.15, 0.2) is 0 Å². The molecule has 1 aliphatic rings. The Kier molecular flexibility index (Phi) is 7.14. The molecule has 2 aromatic rings. The summed E-state index contributed by atoms with van der Waals surface area (Å²) in [5.41, 5.74) is 8.15. The van der Waals surface area contributed by atoms with Crippen LogP contribution in [0, 0.1) is 5.92 Å². The monoisotopic (exact) mass is 396 g/mol. The van der Waals surface area contributed by atoms with Crippen molar-refractivity contribution in [2.45, 2.75) is 19.4 Å². The van der Waals surface area contributed by atoms with E-state index in [2.05, 4.69) is 5.32 Å². The highest BCUT2D eigenvalue weighted by Crippen LogP contribution is 2.30. The lowest BCUT2D eigenvalue weighted by atomic mass is 10.1. The Morgan fingerprint density at radius 2 is 2.08 bits per heavy atom. The van der Waals surface area contributed by atoms with Gasteiger partial charge in [-0.15, -0.1) is 12.4 Å². The second kappa shape index (κ2) is 9.12. The summed E-state index contributed by atoms with van der Waals surface area (Å²) in [4.78, 5) is 12.6. The third-order valence-corrected chi connectivity index (χ3v) is 4.39. The number of anilines is 2. The van der Waals surface area contributed by atoms with Gasteiger partial charge in [-0.05, 0) is 42.5 Å². The summed E-state index contributed by atoms with van der Waals surface area (Å²) in [5.74, 6) is 0.795. The number of ether oxygens (including phenoxy) is 2. The Morgan fingerprint density at radius 1 is 1.31 bits per heavy atom. The number of benzene rings is 2. The average molecular weight is 397 g/mol. The fourth-order valence-corrected chi connectivity index (χ4v) is 2.64. The molecule has 0 spiro atoms. The van der Waals surface area contributed by atoms with Crippen molar-refractivity contribution in [2.75, 3.05) is 24.8 Å². The molecule has 0 atom stereocenters. The van der Waals surface area contributed by atoms with Gasteiger partial charge in [0.1, 0.15) is 5.75 Å². The van der Waals surface area contributed by atoms with Crippen LogP contribution in [-0.4, -0.2) is 19.6 Å². The molecule has 0 aliphatic heterocycles. The first-order chi connectivity index (χ1) is 12.1. The summed E-state index contributed by atoms with van der Waals surface area (Å²) in [7, 11) is 1.48. The maximum atomic E-state index is 12.6. The smallest absolute Gasteiger partial charge is 0.259 e. The maximum absolute atomic E-state index is 12.6. The highest BCUT2D eigenvalue weighted by atomic mass is 35.5. The van der Waals surface area contributed by atoms with Crippen molar-refractivity contribution < 1.29 is 14.3 Å². The minimum atomic E-state index is -0.310. The minimum absolute atomic E-state index is 0. The Labute approximate surface area is 164 Å². The van der Waals surface area contributed by atoms with Gasteiger partial charge >= 0.3 is 0 Å². The van der Waals surface area contributed by atoms with Gasteiger partial charge < -0.3 is 20.5 Å². The third kappa shape index (κ3) is 5.27. The lowest BCUT2D eigenvalue weighted by Gasteiger charge is -2.12. The van der Waals surface area contributed by atoms with Gasteiger partial charge in [-0.3, -0.25) is 4.79 Å². The molecule has 0 radical (unpaired) electrons. The zero-order chi connectivity index (χ0) is 17.8. The van der Waals surface area contributed by atoms with Crippen molar-refractivity contribution in [2.24, 2.45) is 5.92 Å². The molecule has 2 aromatic carbocycles. The SMILES string of the molecule is COc1cc(N)c(Cl)cc1C(=O)Nc1cccc(COCC2CC2)c1.Cl. The molecule has 7 heteroatoms. The molecule has 1 saturated carbocycles. The highest BCUT2D eigenvalue weighted by molar-refractivity contribution is 6.33. The van der Waals surface area contributed by atoms with E-state index in [1.165, 1.54) is 26.0 Å². The largest absolute Gasteiger partial charge is 0.496 e. The number of nitrogens with one attached hydrogen (secondary N) is 1. The van der Waals surface area contributed by atoms with Gasteiger partial charge in [-0.25, -0.2) is 0 Å². The lowest BCUT2D eigenvalue weighted by molar-refractivity contribution is 0.102. The molecular formula is C19H22Cl2N2O3. The lowest BCUT2D eigenvalue weighted by Crippen LogP contribution is -2.14. The van der Waals surface area contributed by atoms with Crippen LogP contribution in [0.25, 0.3) is 0 Å². The second-order valence-electron chi connectivity index (χ2n) is 6.19. The van der Waals surface area contributed by atoms with Gasteiger partial charge in [0.2, 0.25) is 0 Å². The molecule has 0 aromatic heterocycles. The predicted octanol–water partition coefficient (Wildman–Crippen LogP) is 4.53. The molecule has 3 rings (SSSR count). The molecule has 0 heterocycles. The third-order valence-electron chi connectivity index (χ3n) is 4.07. The van der Waals surface area contributed by atoms with E-state index in [0.717, 1.165) is 18.1 Å². The van der Waals surface area contributed by atoms with E-state index in [4.69, 9.17) is 26.8 Å². The van der Waals surface area contributed by atoms with Gasteiger partial charge in [-0.1, -0.05) is 23.7 Å². The van der Waals surface area contributed by atoms with Crippen LogP contribution in [0.2, 0.25) is 5.02 Å². The summed E-state index contributed by atoms with van der Waals surface area (Å²) >= 11 is 6.03. The van der Waals surface area contributed by atoms with Crippen LogP contribution >= 0.6 is 24.0 Å². The van der Waals surface area contributed by atoms with Crippen molar-refractivity contribution in [3.8, 4) is 5.75 Å². The molecule has 0 bridgehead atoms. The van der Waals surface area contributed by atoms with Crippen LogP contribution in [0.5, 0.6) is 5.75 Å². The minimum Gasteiger partial charge on any atom is -0.496 e. The normalized spacial score (nSPS) is 13.0. The molecule has 0 unspecified atom stereocenters.